The summed E-state index contributed by atoms with van der Waals surface area (Å²) in [6.07, 6.45) is -5.29. The summed E-state index contributed by atoms with van der Waals surface area (Å²) in [5.74, 6) is -4.47. The Morgan fingerprint density at radius 3 is 1.93 bits per heavy atom. The number of β-amino-alcohol motifs (C(OH)–C–C–N with tert-alkyl or cyclic N) is 1. The Labute approximate surface area is 158 Å². The zero-order valence-corrected chi connectivity index (χ0v) is 15.0. The molecule has 168 valence electrons. The SMILES string of the molecule is O=C(O)C(F)(F)F.O=C(O)c1cc(CN2CC[C@H](O)C2)cc(S(F)(F)(F)(F)F)c1. The Kier molecular flexibility index (Phi) is 6.26. The fourth-order valence-electron chi connectivity index (χ4n) is 2.31. The van der Waals surface area contributed by atoms with Gasteiger partial charge in [0.05, 0.1) is 11.7 Å². The third-order valence-electron chi connectivity index (χ3n) is 3.55. The number of alkyl halides is 3. The van der Waals surface area contributed by atoms with Crippen LogP contribution in [-0.2, 0) is 11.3 Å². The second-order valence-electron chi connectivity index (χ2n) is 6.12. The summed E-state index contributed by atoms with van der Waals surface area (Å²) in [6, 6.07) is 1.16. The number of likely N-dealkylation sites (tertiary alicyclic amines) is 1. The normalized spacial score (nSPS) is 20.2. The predicted molar refractivity (Wildman–Crippen MR) is 84.4 cm³/mol. The summed E-state index contributed by atoms with van der Waals surface area (Å²) < 4.78 is 96.2. The van der Waals surface area contributed by atoms with Gasteiger partial charge < -0.3 is 15.3 Å². The molecule has 0 spiro atoms. The number of rotatable bonds is 4. The van der Waals surface area contributed by atoms with E-state index in [0.29, 0.717) is 13.0 Å². The van der Waals surface area contributed by atoms with Crippen LogP contribution in [0.15, 0.2) is 23.1 Å². The van der Waals surface area contributed by atoms with Crippen molar-refractivity contribution < 1.29 is 57.5 Å². The molecule has 2 rings (SSSR count). The van der Waals surface area contributed by atoms with Crippen LogP contribution in [0.3, 0.4) is 0 Å². The van der Waals surface area contributed by atoms with Crippen LogP contribution in [0.5, 0.6) is 0 Å². The van der Waals surface area contributed by atoms with E-state index in [2.05, 4.69) is 0 Å². The Morgan fingerprint density at radius 2 is 1.59 bits per heavy atom. The minimum Gasteiger partial charge on any atom is -0.478 e. The van der Waals surface area contributed by atoms with Gasteiger partial charge in [0.25, 0.3) is 0 Å². The average Bonchev–Trinajstić information content (AvgIpc) is 2.89. The smallest absolute Gasteiger partial charge is 0.478 e. The molecule has 6 nitrogen and oxygen atoms in total. The highest BCUT2D eigenvalue weighted by Gasteiger charge is 2.65. The van der Waals surface area contributed by atoms with Crippen LogP contribution in [0.1, 0.15) is 22.3 Å². The van der Waals surface area contributed by atoms with Crippen LogP contribution in [0, 0.1) is 0 Å². The first-order valence-corrected chi connectivity index (χ1v) is 9.46. The molecule has 15 heteroatoms. The van der Waals surface area contributed by atoms with E-state index in [4.69, 9.17) is 15.0 Å². The summed E-state index contributed by atoms with van der Waals surface area (Å²) in [6.45, 7) is 0.451. The van der Waals surface area contributed by atoms with Gasteiger partial charge in [0.2, 0.25) is 0 Å². The number of hydrogen-bond donors (Lipinski definition) is 3. The van der Waals surface area contributed by atoms with Crippen LogP contribution in [0.4, 0.5) is 32.6 Å². The lowest BCUT2D eigenvalue weighted by molar-refractivity contribution is -0.192. The number of nitrogens with zero attached hydrogens (tertiary/aromatic N) is 1. The minimum absolute atomic E-state index is 0.0494. The Hall–Kier alpha value is -2.13. The molecule has 1 aromatic carbocycles. The number of carboxylic acids is 2. The van der Waals surface area contributed by atoms with Gasteiger partial charge in [-0.3, -0.25) is 4.90 Å². The molecule has 1 heterocycles. The van der Waals surface area contributed by atoms with Gasteiger partial charge in [0.15, 0.2) is 0 Å². The van der Waals surface area contributed by atoms with E-state index in [-0.39, 0.29) is 30.8 Å². The maximum atomic E-state index is 12.9. The molecule has 0 saturated carbocycles. The fraction of sp³-hybridized carbons (Fsp3) is 0.429. The van der Waals surface area contributed by atoms with E-state index in [1.54, 1.807) is 4.90 Å². The first-order chi connectivity index (χ1) is 12.7. The summed E-state index contributed by atoms with van der Waals surface area (Å²) >= 11 is 0. The zero-order chi connectivity index (χ0) is 22.9. The molecule has 0 radical (unpaired) electrons. The lowest BCUT2D eigenvalue weighted by Crippen LogP contribution is -2.22. The highest BCUT2D eigenvalue weighted by molar-refractivity contribution is 8.45. The van der Waals surface area contributed by atoms with Crippen LogP contribution in [0.2, 0.25) is 0 Å². The number of hydrogen-bond acceptors (Lipinski definition) is 4. The van der Waals surface area contributed by atoms with Gasteiger partial charge in [-0.2, -0.15) is 13.2 Å². The van der Waals surface area contributed by atoms with E-state index >= 15 is 0 Å². The van der Waals surface area contributed by atoms with Gasteiger partial charge in [-0.1, -0.05) is 19.4 Å². The maximum Gasteiger partial charge on any atom is 0.490 e. The number of aliphatic hydroxyl groups is 1. The lowest BCUT2D eigenvalue weighted by atomic mass is 10.1. The fourth-order valence-corrected chi connectivity index (χ4v) is 3.04. The molecule has 0 bridgehead atoms. The van der Waals surface area contributed by atoms with Crippen LogP contribution < -0.4 is 0 Å². The molecule has 1 saturated heterocycles. The van der Waals surface area contributed by atoms with Crippen LogP contribution in [-0.4, -0.2) is 57.5 Å². The number of aliphatic carboxylic acids is 1. The maximum absolute atomic E-state index is 12.9. The summed E-state index contributed by atoms with van der Waals surface area (Å²) in [4.78, 5) is 19.1. The molecule has 1 atom stereocenters. The molecule has 0 aliphatic carbocycles. The van der Waals surface area contributed by atoms with E-state index in [9.17, 15) is 42.5 Å². The second kappa shape index (κ2) is 7.28. The minimum atomic E-state index is -9.96. The average molecular weight is 461 g/mol. The monoisotopic (exact) mass is 461 g/mol. The van der Waals surface area contributed by atoms with Gasteiger partial charge in [0, 0.05) is 19.6 Å². The van der Waals surface area contributed by atoms with Crippen LogP contribution >= 0.6 is 10.2 Å². The first-order valence-electron chi connectivity index (χ1n) is 7.51. The number of benzene rings is 1. The van der Waals surface area contributed by atoms with Crippen molar-refractivity contribution in [3.8, 4) is 0 Å². The van der Waals surface area contributed by atoms with Gasteiger partial charge in [0.1, 0.15) is 4.90 Å². The highest BCUT2D eigenvalue weighted by atomic mass is 32.5. The van der Waals surface area contributed by atoms with E-state index in [1.807, 2.05) is 0 Å². The van der Waals surface area contributed by atoms with Crippen molar-refractivity contribution in [2.24, 2.45) is 0 Å². The molecule has 1 aromatic rings. The number of aromatic carboxylic acids is 1. The van der Waals surface area contributed by atoms with Gasteiger partial charge in [-0.05, 0) is 30.2 Å². The van der Waals surface area contributed by atoms with E-state index in [1.165, 1.54) is 0 Å². The first kappa shape index (κ1) is 24.9. The van der Waals surface area contributed by atoms with Crippen molar-refractivity contribution in [3.63, 3.8) is 0 Å². The lowest BCUT2D eigenvalue weighted by Gasteiger charge is -2.41. The largest absolute Gasteiger partial charge is 0.490 e. The molecular formula is C14H15F8NO5S. The molecule has 3 N–H and O–H groups in total. The molecule has 0 amide bonds. The molecule has 0 unspecified atom stereocenters. The van der Waals surface area contributed by atoms with Gasteiger partial charge in [-0.25, -0.2) is 9.59 Å². The molecule has 0 aromatic heterocycles. The topological polar surface area (TPSA) is 98.1 Å². The third kappa shape index (κ3) is 8.02. The summed E-state index contributed by atoms with van der Waals surface area (Å²) in [5.41, 5.74) is -1.03. The summed E-state index contributed by atoms with van der Waals surface area (Å²) in [7, 11) is -9.96. The van der Waals surface area contributed by atoms with Gasteiger partial charge in [-0.15, -0.1) is 0 Å². The van der Waals surface area contributed by atoms with Crippen molar-refractivity contribution in [1.82, 2.24) is 4.90 Å². The standard InChI is InChI=1S/C12H14F5NO3S.C2HF3O2/c13-22(14,15,16,17)11-4-8(3-9(5-11)12(20)21)6-18-2-1-10(19)7-18;3-2(4,5)1(6)7/h3-5,10,19H,1-2,6-7H2,(H,20,21);(H,6,7)/t10-;/m0./s1. The molecule has 1 aliphatic heterocycles. The molecule has 1 aliphatic rings. The van der Waals surface area contributed by atoms with Crippen molar-refractivity contribution in [1.29, 1.82) is 0 Å². The predicted octanol–water partition coefficient (Wildman–Crippen LogP) is 4.24. The van der Waals surface area contributed by atoms with Crippen LogP contribution in [0.25, 0.3) is 0 Å². The van der Waals surface area contributed by atoms with Crippen molar-refractivity contribution >= 4 is 22.2 Å². The van der Waals surface area contributed by atoms with E-state index in [0.717, 1.165) is 6.07 Å². The Morgan fingerprint density at radius 1 is 1.07 bits per heavy atom. The summed E-state index contributed by atoms with van der Waals surface area (Å²) in [5, 5.41) is 25.3. The molecular weight excluding hydrogens is 446 g/mol. The number of carboxylic acid groups (broad SMARTS) is 2. The zero-order valence-electron chi connectivity index (χ0n) is 14.2. The van der Waals surface area contributed by atoms with Gasteiger partial charge >= 0.3 is 28.3 Å². The highest BCUT2D eigenvalue weighted by Crippen LogP contribution is 3.02. The van der Waals surface area contributed by atoms with Crippen molar-refractivity contribution in [2.75, 3.05) is 13.1 Å². The quantitative estimate of drug-likeness (QED) is 0.581. The Bertz CT molecular complexity index is 796. The van der Waals surface area contributed by atoms with Crippen molar-refractivity contribution in [3.05, 3.63) is 29.3 Å². The number of halogens is 8. The molecule has 29 heavy (non-hydrogen) atoms. The Balaban J connectivity index is 0.000000516. The second-order valence-corrected chi connectivity index (χ2v) is 8.53. The third-order valence-corrected chi connectivity index (χ3v) is 4.68. The molecule has 1 fully saturated rings. The number of carbonyl (C=O) groups is 2. The van der Waals surface area contributed by atoms with E-state index < -0.39 is 44.9 Å². The van der Waals surface area contributed by atoms with Crippen molar-refractivity contribution in [2.45, 2.75) is 30.1 Å². The number of aliphatic hydroxyl groups excluding tert-OH is 1.